The minimum absolute atomic E-state index is 0.0835. The molecule has 15 heavy (non-hydrogen) atoms. The first-order valence-electron chi connectivity index (χ1n) is 4.32. The molecule has 0 amide bonds. The van der Waals surface area contributed by atoms with Gasteiger partial charge in [0, 0.05) is 17.5 Å². The highest BCUT2D eigenvalue weighted by Crippen LogP contribution is 2.34. The van der Waals surface area contributed by atoms with Crippen LogP contribution in [0.1, 0.15) is 11.5 Å². The molecule has 4 nitrogen and oxygen atoms in total. The molecule has 0 fully saturated rings. The molecular formula is C10H11FNO3. The van der Waals surface area contributed by atoms with E-state index < -0.39 is 17.5 Å². The van der Waals surface area contributed by atoms with E-state index in [-0.39, 0.29) is 11.4 Å². The van der Waals surface area contributed by atoms with E-state index in [0.29, 0.717) is 5.56 Å². The molecule has 0 N–H and O–H groups in total. The first-order valence-corrected chi connectivity index (χ1v) is 4.32. The molecule has 1 unspecified atom stereocenters. The Bertz CT molecular complexity index is 368. The third kappa shape index (κ3) is 2.23. The van der Waals surface area contributed by atoms with Crippen LogP contribution in [-0.2, 0) is 0 Å². The number of nitrogens with zero attached hydrogens (tertiary/aromatic N) is 1. The molecule has 1 aromatic carbocycles. The average molecular weight is 212 g/mol. The number of rotatable bonds is 4. The van der Waals surface area contributed by atoms with Crippen LogP contribution in [-0.4, -0.2) is 18.7 Å². The highest BCUT2D eigenvalue weighted by atomic mass is 19.1. The first-order chi connectivity index (χ1) is 7.11. The van der Waals surface area contributed by atoms with Crippen molar-refractivity contribution in [2.24, 2.45) is 0 Å². The summed E-state index contributed by atoms with van der Waals surface area (Å²) in [4.78, 5) is 10.1. The number of nitro benzene ring substituents is 1. The lowest BCUT2D eigenvalue weighted by molar-refractivity contribution is -0.385. The number of methoxy groups -OCH3 is 1. The summed E-state index contributed by atoms with van der Waals surface area (Å²) >= 11 is 0. The highest BCUT2D eigenvalue weighted by Gasteiger charge is 2.21. The van der Waals surface area contributed by atoms with Crippen molar-refractivity contribution in [2.45, 2.75) is 5.92 Å². The van der Waals surface area contributed by atoms with Crippen LogP contribution in [0.15, 0.2) is 18.2 Å². The summed E-state index contributed by atoms with van der Waals surface area (Å²) in [5.74, 6) is -0.569. The summed E-state index contributed by atoms with van der Waals surface area (Å²) in [5.41, 5.74) is 0.242. The van der Waals surface area contributed by atoms with Crippen molar-refractivity contribution in [3.05, 3.63) is 40.8 Å². The fraction of sp³-hybridized carbons (Fsp3) is 0.300. The van der Waals surface area contributed by atoms with E-state index in [0.717, 1.165) is 0 Å². The van der Waals surface area contributed by atoms with E-state index in [4.69, 9.17) is 4.74 Å². The largest absolute Gasteiger partial charge is 0.490 e. The second kappa shape index (κ2) is 4.72. The van der Waals surface area contributed by atoms with Crippen LogP contribution >= 0.6 is 0 Å². The van der Waals surface area contributed by atoms with Crippen molar-refractivity contribution >= 4 is 5.69 Å². The summed E-state index contributed by atoms with van der Waals surface area (Å²) < 4.78 is 17.3. The topological polar surface area (TPSA) is 52.4 Å². The zero-order chi connectivity index (χ0) is 11.4. The van der Waals surface area contributed by atoms with E-state index >= 15 is 0 Å². The lowest BCUT2D eigenvalue weighted by atomic mass is 10.0. The Morgan fingerprint density at radius 1 is 1.67 bits per heavy atom. The molecule has 1 radical (unpaired) electrons. The third-order valence-corrected chi connectivity index (χ3v) is 2.05. The molecule has 5 heteroatoms. The van der Waals surface area contributed by atoms with Gasteiger partial charge in [-0.25, -0.2) is 0 Å². The van der Waals surface area contributed by atoms with Crippen molar-refractivity contribution in [3.8, 4) is 5.75 Å². The Morgan fingerprint density at radius 3 is 2.80 bits per heavy atom. The van der Waals surface area contributed by atoms with Crippen molar-refractivity contribution < 1.29 is 14.1 Å². The van der Waals surface area contributed by atoms with Gasteiger partial charge in [-0.05, 0) is 6.92 Å². The van der Waals surface area contributed by atoms with E-state index in [1.807, 2.05) is 0 Å². The standard InChI is InChI=1S/C10H11FNO3/c1-7(6-11)8-4-3-5-9(12(13)14)10(8)15-2/h3-5,7H,1,6H2,2H3. The molecule has 0 aromatic heterocycles. The van der Waals surface area contributed by atoms with Gasteiger partial charge in [-0.15, -0.1) is 0 Å². The summed E-state index contributed by atoms with van der Waals surface area (Å²) in [6.07, 6.45) is 0. The predicted molar refractivity (Wildman–Crippen MR) is 53.7 cm³/mol. The molecule has 0 bridgehead atoms. The normalized spacial score (nSPS) is 12.2. The lowest BCUT2D eigenvalue weighted by Crippen LogP contribution is -2.02. The molecule has 0 spiro atoms. The fourth-order valence-corrected chi connectivity index (χ4v) is 1.31. The molecule has 0 saturated carbocycles. The summed E-state index contributed by atoms with van der Waals surface area (Å²) in [7, 11) is 1.32. The Labute approximate surface area is 86.8 Å². The van der Waals surface area contributed by atoms with Crippen molar-refractivity contribution in [1.29, 1.82) is 0 Å². The zero-order valence-corrected chi connectivity index (χ0v) is 8.27. The number of nitro groups is 1. The third-order valence-electron chi connectivity index (χ3n) is 2.05. The van der Waals surface area contributed by atoms with Gasteiger partial charge < -0.3 is 4.74 Å². The van der Waals surface area contributed by atoms with Gasteiger partial charge in [0.2, 0.25) is 0 Å². The van der Waals surface area contributed by atoms with Crippen molar-refractivity contribution in [2.75, 3.05) is 13.8 Å². The molecule has 0 aliphatic rings. The SMILES string of the molecule is [CH2]C(CF)c1cccc([N+](=O)[O-])c1OC. The zero-order valence-electron chi connectivity index (χ0n) is 8.27. The number of halogens is 1. The van der Waals surface area contributed by atoms with Gasteiger partial charge in [0.05, 0.1) is 18.7 Å². The molecule has 1 rings (SSSR count). The maximum absolute atomic E-state index is 12.4. The lowest BCUT2D eigenvalue weighted by Gasteiger charge is -2.11. The number of benzene rings is 1. The van der Waals surface area contributed by atoms with E-state index in [1.54, 1.807) is 6.07 Å². The van der Waals surface area contributed by atoms with E-state index in [2.05, 4.69) is 6.92 Å². The van der Waals surface area contributed by atoms with Gasteiger partial charge in [0.25, 0.3) is 0 Å². The number of para-hydroxylation sites is 1. The van der Waals surface area contributed by atoms with Crippen LogP contribution in [0.5, 0.6) is 5.75 Å². The quantitative estimate of drug-likeness (QED) is 0.569. The maximum atomic E-state index is 12.4. The van der Waals surface area contributed by atoms with Crippen molar-refractivity contribution in [3.63, 3.8) is 0 Å². The Balaban J connectivity index is 3.28. The fourth-order valence-electron chi connectivity index (χ4n) is 1.31. The smallest absolute Gasteiger partial charge is 0.311 e. The summed E-state index contributed by atoms with van der Waals surface area (Å²) in [6.45, 7) is 2.88. The van der Waals surface area contributed by atoms with Gasteiger partial charge in [-0.3, -0.25) is 14.5 Å². The monoisotopic (exact) mass is 212 g/mol. The van der Waals surface area contributed by atoms with Gasteiger partial charge >= 0.3 is 5.69 Å². The maximum Gasteiger partial charge on any atom is 0.311 e. The Morgan fingerprint density at radius 2 is 2.33 bits per heavy atom. The van der Waals surface area contributed by atoms with Gasteiger partial charge in [-0.1, -0.05) is 12.1 Å². The van der Waals surface area contributed by atoms with Gasteiger partial charge in [-0.2, -0.15) is 0 Å². The average Bonchev–Trinajstić information content (AvgIpc) is 2.26. The first kappa shape index (κ1) is 11.4. The van der Waals surface area contributed by atoms with Gasteiger partial charge in [0.15, 0.2) is 5.75 Å². The molecule has 0 aliphatic heterocycles. The number of ether oxygens (including phenoxy) is 1. The molecule has 0 heterocycles. The molecule has 81 valence electrons. The molecule has 0 saturated heterocycles. The number of hydrogen-bond donors (Lipinski definition) is 0. The van der Waals surface area contributed by atoms with Crippen molar-refractivity contribution in [1.82, 2.24) is 0 Å². The molecular weight excluding hydrogens is 201 g/mol. The predicted octanol–water partition coefficient (Wildman–Crippen LogP) is 2.49. The highest BCUT2D eigenvalue weighted by molar-refractivity contribution is 5.53. The second-order valence-electron chi connectivity index (χ2n) is 3.01. The minimum atomic E-state index is -0.683. The Kier molecular flexibility index (Phi) is 3.60. The van der Waals surface area contributed by atoms with Crippen LogP contribution in [0, 0.1) is 17.0 Å². The van der Waals surface area contributed by atoms with Crippen LogP contribution in [0.3, 0.4) is 0 Å². The van der Waals surface area contributed by atoms with Crippen LogP contribution in [0.4, 0.5) is 10.1 Å². The van der Waals surface area contributed by atoms with E-state index in [1.165, 1.54) is 19.2 Å². The summed E-state index contributed by atoms with van der Waals surface area (Å²) in [6, 6.07) is 4.38. The van der Waals surface area contributed by atoms with Crippen LogP contribution < -0.4 is 4.74 Å². The molecule has 1 atom stereocenters. The number of alkyl halides is 1. The Hall–Kier alpha value is -1.65. The van der Waals surface area contributed by atoms with Crippen LogP contribution in [0.2, 0.25) is 0 Å². The van der Waals surface area contributed by atoms with E-state index in [9.17, 15) is 14.5 Å². The summed E-state index contributed by atoms with van der Waals surface area (Å²) in [5, 5.41) is 10.7. The van der Waals surface area contributed by atoms with Crippen LogP contribution in [0.25, 0.3) is 0 Å². The molecule has 1 aromatic rings. The minimum Gasteiger partial charge on any atom is -0.490 e. The molecule has 0 aliphatic carbocycles. The second-order valence-corrected chi connectivity index (χ2v) is 3.01. The van der Waals surface area contributed by atoms with Gasteiger partial charge in [0.1, 0.15) is 0 Å². The number of hydrogen-bond acceptors (Lipinski definition) is 3.